The van der Waals surface area contributed by atoms with E-state index in [0.29, 0.717) is 23.7 Å². The molecule has 0 N–H and O–H groups in total. The lowest BCUT2D eigenvalue weighted by molar-refractivity contribution is -0.139. The Morgan fingerprint density at radius 2 is 2.27 bits per heavy atom. The molecule has 0 radical (unpaired) electrons. The van der Waals surface area contributed by atoms with E-state index in [4.69, 9.17) is 12.2 Å². The van der Waals surface area contributed by atoms with Gasteiger partial charge in [-0.2, -0.15) is 0 Å². The summed E-state index contributed by atoms with van der Waals surface area (Å²) in [7, 11) is 0. The van der Waals surface area contributed by atoms with Gasteiger partial charge in [0.25, 0.3) is 0 Å². The van der Waals surface area contributed by atoms with E-state index in [1.807, 2.05) is 0 Å². The lowest BCUT2D eigenvalue weighted by atomic mass is 9.87. The van der Waals surface area contributed by atoms with Crippen molar-refractivity contribution in [2.24, 2.45) is 5.92 Å². The molecule has 0 bridgehead atoms. The maximum Gasteiger partial charge on any atom is 0.238 e. The van der Waals surface area contributed by atoms with Crippen molar-refractivity contribution in [1.82, 2.24) is 4.90 Å². The van der Waals surface area contributed by atoms with Gasteiger partial charge in [-0.15, -0.1) is 0 Å². The molecule has 5 heteroatoms. The van der Waals surface area contributed by atoms with Crippen LogP contribution in [-0.4, -0.2) is 33.2 Å². The van der Waals surface area contributed by atoms with E-state index in [2.05, 4.69) is 0 Å². The average Bonchev–Trinajstić information content (AvgIpc) is 2.64. The van der Waals surface area contributed by atoms with Crippen molar-refractivity contribution in [3.05, 3.63) is 0 Å². The van der Waals surface area contributed by atoms with Crippen molar-refractivity contribution in [2.45, 2.75) is 25.7 Å². The molecule has 1 unspecified atom stereocenters. The molecular formula is C10H13NO2S2. The summed E-state index contributed by atoms with van der Waals surface area (Å²) in [5.41, 5.74) is 0. The van der Waals surface area contributed by atoms with Crippen LogP contribution in [0.3, 0.4) is 0 Å². The zero-order chi connectivity index (χ0) is 10.8. The molecule has 1 atom stereocenters. The van der Waals surface area contributed by atoms with Crippen molar-refractivity contribution in [2.75, 3.05) is 12.3 Å². The fraction of sp³-hybridized carbons (Fsp3) is 0.700. The standard InChI is InChI=1S/C10H13NO2S2/c12-8-4-2-1-3-7(8)9(13)11-5-6-15-10(11)14/h7H,1-6H2. The summed E-state index contributed by atoms with van der Waals surface area (Å²) >= 11 is 6.61. The normalized spacial score (nSPS) is 27.2. The van der Waals surface area contributed by atoms with Crippen LogP contribution in [-0.2, 0) is 9.59 Å². The SMILES string of the molecule is O=C1CCCCC1C(=O)N1CCSC1=S. The fourth-order valence-corrected chi connectivity index (χ4v) is 3.24. The summed E-state index contributed by atoms with van der Waals surface area (Å²) in [6, 6.07) is 0. The Kier molecular flexibility index (Phi) is 3.41. The van der Waals surface area contributed by atoms with Gasteiger partial charge in [0.05, 0.1) is 5.92 Å². The van der Waals surface area contributed by atoms with Gasteiger partial charge in [0.15, 0.2) is 0 Å². The number of thiocarbonyl (C=S) groups is 1. The summed E-state index contributed by atoms with van der Waals surface area (Å²) in [6.07, 6.45) is 3.18. The Bertz CT molecular complexity index is 317. The van der Waals surface area contributed by atoms with Gasteiger partial charge in [0.2, 0.25) is 5.91 Å². The van der Waals surface area contributed by atoms with E-state index in [0.717, 1.165) is 18.6 Å². The van der Waals surface area contributed by atoms with E-state index in [9.17, 15) is 9.59 Å². The van der Waals surface area contributed by atoms with Crippen molar-refractivity contribution < 1.29 is 9.59 Å². The van der Waals surface area contributed by atoms with E-state index in [1.165, 1.54) is 11.8 Å². The highest BCUT2D eigenvalue weighted by molar-refractivity contribution is 8.23. The third kappa shape index (κ3) is 2.23. The van der Waals surface area contributed by atoms with Crippen LogP contribution in [0.4, 0.5) is 0 Å². The summed E-state index contributed by atoms with van der Waals surface area (Å²) in [5, 5.41) is 0. The molecule has 1 heterocycles. The second kappa shape index (κ2) is 4.61. The van der Waals surface area contributed by atoms with Crippen LogP contribution in [0.25, 0.3) is 0 Å². The number of carbonyl (C=O) groups is 2. The van der Waals surface area contributed by atoms with Crippen molar-refractivity contribution in [3.8, 4) is 0 Å². The predicted octanol–water partition coefficient (Wildman–Crippen LogP) is 1.61. The minimum Gasteiger partial charge on any atom is -0.299 e. The molecule has 82 valence electrons. The molecule has 0 aromatic heterocycles. The average molecular weight is 243 g/mol. The number of nitrogens with zero attached hydrogens (tertiary/aromatic N) is 1. The molecule has 2 aliphatic rings. The van der Waals surface area contributed by atoms with Crippen LogP contribution in [0, 0.1) is 5.92 Å². The number of Topliss-reactive ketones (excluding diaryl/α,β-unsaturated/α-hetero) is 1. The van der Waals surface area contributed by atoms with Gasteiger partial charge < -0.3 is 0 Å². The smallest absolute Gasteiger partial charge is 0.238 e. The molecule has 0 aromatic carbocycles. The molecule has 1 saturated heterocycles. The second-order valence-corrected chi connectivity index (χ2v) is 5.60. The van der Waals surface area contributed by atoms with E-state index in [-0.39, 0.29) is 11.7 Å². The molecule has 1 aliphatic carbocycles. The van der Waals surface area contributed by atoms with Crippen molar-refractivity contribution in [3.63, 3.8) is 0 Å². The van der Waals surface area contributed by atoms with Crippen molar-refractivity contribution in [1.29, 1.82) is 0 Å². The number of hydrogen-bond acceptors (Lipinski definition) is 4. The van der Waals surface area contributed by atoms with Gasteiger partial charge in [-0.25, -0.2) is 0 Å². The second-order valence-electron chi connectivity index (χ2n) is 3.87. The zero-order valence-corrected chi connectivity index (χ0v) is 10.0. The fourth-order valence-electron chi connectivity index (χ4n) is 2.03. The molecule has 0 spiro atoms. The number of rotatable bonds is 1. The number of hydrogen-bond donors (Lipinski definition) is 0. The molecule has 2 fully saturated rings. The minimum absolute atomic E-state index is 0.0605. The van der Waals surface area contributed by atoms with Gasteiger partial charge in [-0.05, 0) is 12.8 Å². The first-order chi connectivity index (χ1) is 7.20. The summed E-state index contributed by atoms with van der Waals surface area (Å²) in [4.78, 5) is 25.2. The van der Waals surface area contributed by atoms with Crippen LogP contribution in [0.2, 0.25) is 0 Å². The minimum atomic E-state index is -0.407. The zero-order valence-electron chi connectivity index (χ0n) is 8.40. The van der Waals surface area contributed by atoms with Gasteiger partial charge in [-0.1, -0.05) is 30.4 Å². The first kappa shape index (κ1) is 11.1. The summed E-state index contributed by atoms with van der Waals surface area (Å²) in [6.45, 7) is 0.673. The number of carbonyl (C=O) groups excluding carboxylic acids is 2. The summed E-state index contributed by atoms with van der Waals surface area (Å²) < 4.78 is 0.637. The molecule has 1 saturated carbocycles. The van der Waals surface area contributed by atoms with Crippen LogP contribution >= 0.6 is 24.0 Å². The number of thioether (sulfide) groups is 1. The highest BCUT2D eigenvalue weighted by atomic mass is 32.2. The molecule has 3 nitrogen and oxygen atoms in total. The third-order valence-corrected chi connectivity index (χ3v) is 4.31. The lowest BCUT2D eigenvalue weighted by Gasteiger charge is -2.24. The molecule has 2 rings (SSSR count). The molecular weight excluding hydrogens is 230 g/mol. The van der Waals surface area contributed by atoms with Gasteiger partial charge in [-0.3, -0.25) is 14.5 Å². The number of amides is 1. The van der Waals surface area contributed by atoms with Crippen LogP contribution in [0.5, 0.6) is 0 Å². The Morgan fingerprint density at radius 3 is 2.87 bits per heavy atom. The Morgan fingerprint density at radius 1 is 1.47 bits per heavy atom. The van der Waals surface area contributed by atoms with Crippen LogP contribution in [0.15, 0.2) is 0 Å². The maximum atomic E-state index is 12.0. The van der Waals surface area contributed by atoms with E-state index >= 15 is 0 Å². The topological polar surface area (TPSA) is 37.4 Å². The predicted molar refractivity (Wildman–Crippen MR) is 63.7 cm³/mol. The molecule has 1 amide bonds. The Balaban J connectivity index is 2.06. The monoisotopic (exact) mass is 243 g/mol. The molecule has 15 heavy (non-hydrogen) atoms. The highest BCUT2D eigenvalue weighted by Crippen LogP contribution is 2.26. The number of ketones is 1. The lowest BCUT2D eigenvalue weighted by Crippen LogP contribution is -2.40. The van der Waals surface area contributed by atoms with E-state index < -0.39 is 5.92 Å². The third-order valence-electron chi connectivity index (χ3n) is 2.88. The maximum absolute atomic E-state index is 12.0. The largest absolute Gasteiger partial charge is 0.299 e. The van der Waals surface area contributed by atoms with Crippen molar-refractivity contribution >= 4 is 40.0 Å². The van der Waals surface area contributed by atoms with E-state index in [1.54, 1.807) is 4.90 Å². The quantitative estimate of drug-likeness (QED) is 0.518. The van der Waals surface area contributed by atoms with Crippen LogP contribution in [0.1, 0.15) is 25.7 Å². The van der Waals surface area contributed by atoms with Gasteiger partial charge >= 0.3 is 0 Å². The first-order valence-corrected chi connectivity index (χ1v) is 6.60. The molecule has 0 aromatic rings. The highest BCUT2D eigenvalue weighted by Gasteiger charge is 2.35. The summed E-state index contributed by atoms with van der Waals surface area (Å²) in [5.74, 6) is 0.502. The molecule has 1 aliphatic heterocycles. The first-order valence-electron chi connectivity index (χ1n) is 5.21. The van der Waals surface area contributed by atoms with Crippen LogP contribution < -0.4 is 0 Å². The Labute approximate surface area is 98.6 Å². The van der Waals surface area contributed by atoms with Gasteiger partial charge in [0.1, 0.15) is 10.1 Å². The Hall–Kier alpha value is -0.420. The van der Waals surface area contributed by atoms with Gasteiger partial charge in [0, 0.05) is 18.7 Å².